The minimum atomic E-state index is -0.362. The Morgan fingerprint density at radius 3 is 2.70 bits per heavy atom. The Morgan fingerprint density at radius 2 is 1.96 bits per heavy atom. The standard InChI is InChI=1S/C17H16N4O2/c1-12-6-8-14(9-7-12)16-18-20-21(19-16)11-13-4-3-5-15(10-13)17(22)23-2/h3-10H,11H2,1-2H3. The lowest BCUT2D eigenvalue weighted by Gasteiger charge is -2.03. The van der Waals surface area contributed by atoms with Crippen molar-refractivity contribution in [3.05, 3.63) is 65.2 Å². The van der Waals surface area contributed by atoms with Crippen LogP contribution < -0.4 is 0 Å². The Bertz CT molecular complexity index is 825. The first kappa shape index (κ1) is 14.9. The van der Waals surface area contributed by atoms with Gasteiger partial charge in [0.25, 0.3) is 0 Å². The van der Waals surface area contributed by atoms with E-state index in [4.69, 9.17) is 4.74 Å². The van der Waals surface area contributed by atoms with Gasteiger partial charge < -0.3 is 4.74 Å². The van der Waals surface area contributed by atoms with Crippen molar-refractivity contribution in [2.75, 3.05) is 7.11 Å². The van der Waals surface area contributed by atoms with Gasteiger partial charge in [0.15, 0.2) is 0 Å². The number of ether oxygens (including phenoxy) is 1. The lowest BCUT2D eigenvalue weighted by atomic mass is 10.1. The van der Waals surface area contributed by atoms with E-state index in [0.29, 0.717) is 17.9 Å². The molecule has 6 heteroatoms. The average molecular weight is 308 g/mol. The lowest BCUT2D eigenvalue weighted by molar-refractivity contribution is 0.0600. The summed E-state index contributed by atoms with van der Waals surface area (Å²) in [5, 5.41) is 12.5. The summed E-state index contributed by atoms with van der Waals surface area (Å²) < 4.78 is 4.72. The Balaban J connectivity index is 1.79. The number of nitrogens with zero attached hydrogens (tertiary/aromatic N) is 4. The highest BCUT2D eigenvalue weighted by Crippen LogP contribution is 2.14. The molecule has 0 aliphatic rings. The Hall–Kier alpha value is -3.02. The zero-order valence-corrected chi connectivity index (χ0v) is 12.9. The van der Waals surface area contributed by atoms with Crippen LogP contribution in [0, 0.1) is 6.92 Å². The minimum absolute atomic E-state index is 0.362. The van der Waals surface area contributed by atoms with Gasteiger partial charge in [-0.25, -0.2) is 4.79 Å². The number of carbonyl (C=O) groups excluding carboxylic acids is 1. The maximum atomic E-state index is 11.6. The molecule has 1 heterocycles. The first-order valence-electron chi connectivity index (χ1n) is 7.18. The third-order valence-corrected chi connectivity index (χ3v) is 3.43. The van der Waals surface area contributed by atoms with Crippen molar-refractivity contribution in [1.82, 2.24) is 20.2 Å². The minimum Gasteiger partial charge on any atom is -0.465 e. The summed E-state index contributed by atoms with van der Waals surface area (Å²) in [6.45, 7) is 2.46. The van der Waals surface area contributed by atoms with Gasteiger partial charge in [-0.2, -0.15) is 4.80 Å². The van der Waals surface area contributed by atoms with E-state index in [1.54, 1.807) is 18.2 Å². The average Bonchev–Trinajstić information content (AvgIpc) is 3.03. The molecule has 0 atom stereocenters. The van der Waals surface area contributed by atoms with Crippen LogP contribution in [0.3, 0.4) is 0 Å². The molecular weight excluding hydrogens is 292 g/mol. The molecule has 3 rings (SSSR count). The monoisotopic (exact) mass is 308 g/mol. The number of benzene rings is 2. The maximum absolute atomic E-state index is 11.6. The van der Waals surface area contributed by atoms with Crippen LogP contribution in [-0.4, -0.2) is 33.3 Å². The molecule has 0 radical (unpaired) electrons. The summed E-state index contributed by atoms with van der Waals surface area (Å²) >= 11 is 0. The number of aryl methyl sites for hydroxylation is 1. The first-order valence-corrected chi connectivity index (χ1v) is 7.18. The Kier molecular flexibility index (Phi) is 4.14. The second-order valence-electron chi connectivity index (χ2n) is 5.20. The number of tetrazole rings is 1. The van der Waals surface area contributed by atoms with E-state index in [1.165, 1.54) is 17.5 Å². The molecule has 116 valence electrons. The van der Waals surface area contributed by atoms with E-state index >= 15 is 0 Å². The SMILES string of the molecule is COC(=O)c1cccc(Cn2nnc(-c3ccc(C)cc3)n2)c1. The van der Waals surface area contributed by atoms with Crippen molar-refractivity contribution < 1.29 is 9.53 Å². The molecule has 0 amide bonds. The summed E-state index contributed by atoms with van der Waals surface area (Å²) in [5.41, 5.74) is 3.51. The molecule has 0 fully saturated rings. The smallest absolute Gasteiger partial charge is 0.337 e. The highest BCUT2D eigenvalue weighted by atomic mass is 16.5. The summed E-state index contributed by atoms with van der Waals surface area (Å²) in [5.74, 6) is 0.216. The molecular formula is C17H16N4O2. The van der Waals surface area contributed by atoms with Gasteiger partial charge in [-0.05, 0) is 29.8 Å². The fourth-order valence-electron chi connectivity index (χ4n) is 2.21. The normalized spacial score (nSPS) is 10.5. The second-order valence-corrected chi connectivity index (χ2v) is 5.20. The van der Waals surface area contributed by atoms with Crippen LogP contribution in [0.2, 0.25) is 0 Å². The molecule has 3 aromatic rings. The molecule has 0 N–H and O–H groups in total. The summed E-state index contributed by atoms with van der Waals surface area (Å²) in [7, 11) is 1.36. The van der Waals surface area contributed by atoms with Crippen LogP contribution in [0.1, 0.15) is 21.5 Å². The van der Waals surface area contributed by atoms with Crippen LogP contribution in [0.15, 0.2) is 48.5 Å². The van der Waals surface area contributed by atoms with Gasteiger partial charge in [0.1, 0.15) is 0 Å². The molecule has 1 aromatic heterocycles. The number of esters is 1. The van der Waals surface area contributed by atoms with E-state index in [9.17, 15) is 4.79 Å². The van der Waals surface area contributed by atoms with Gasteiger partial charge in [0.05, 0.1) is 19.2 Å². The van der Waals surface area contributed by atoms with Crippen LogP contribution >= 0.6 is 0 Å². The van der Waals surface area contributed by atoms with Gasteiger partial charge >= 0.3 is 5.97 Å². The number of carbonyl (C=O) groups is 1. The van der Waals surface area contributed by atoms with E-state index < -0.39 is 0 Å². The molecule has 0 unspecified atom stereocenters. The van der Waals surface area contributed by atoms with E-state index in [1.807, 2.05) is 37.3 Å². The zero-order valence-electron chi connectivity index (χ0n) is 12.9. The number of aromatic nitrogens is 4. The van der Waals surface area contributed by atoms with Crippen LogP contribution in [0.25, 0.3) is 11.4 Å². The molecule has 0 aliphatic heterocycles. The van der Waals surface area contributed by atoms with Crippen molar-refractivity contribution in [2.24, 2.45) is 0 Å². The number of methoxy groups -OCH3 is 1. The molecule has 0 saturated heterocycles. The summed E-state index contributed by atoms with van der Waals surface area (Å²) in [6.07, 6.45) is 0. The van der Waals surface area contributed by atoms with Gasteiger partial charge in [0, 0.05) is 5.56 Å². The Morgan fingerprint density at radius 1 is 1.17 bits per heavy atom. The summed E-state index contributed by atoms with van der Waals surface area (Å²) in [4.78, 5) is 13.1. The predicted molar refractivity (Wildman–Crippen MR) is 84.9 cm³/mol. The second kappa shape index (κ2) is 6.39. The van der Waals surface area contributed by atoms with Crippen molar-refractivity contribution >= 4 is 5.97 Å². The van der Waals surface area contributed by atoms with Gasteiger partial charge in [-0.3, -0.25) is 0 Å². The Labute approximate surface area is 133 Å². The first-order chi connectivity index (χ1) is 11.2. The van der Waals surface area contributed by atoms with Gasteiger partial charge in [-0.15, -0.1) is 10.2 Å². The van der Waals surface area contributed by atoms with Crippen molar-refractivity contribution in [1.29, 1.82) is 0 Å². The predicted octanol–water partition coefficient (Wildman–Crippen LogP) is 2.48. The highest BCUT2D eigenvalue weighted by molar-refractivity contribution is 5.89. The largest absolute Gasteiger partial charge is 0.465 e. The number of rotatable bonds is 4. The molecule has 6 nitrogen and oxygen atoms in total. The fraction of sp³-hybridized carbons (Fsp3) is 0.176. The van der Waals surface area contributed by atoms with Crippen LogP contribution in [-0.2, 0) is 11.3 Å². The maximum Gasteiger partial charge on any atom is 0.337 e. The molecule has 2 aromatic carbocycles. The molecule has 0 bridgehead atoms. The quantitative estimate of drug-likeness (QED) is 0.693. The van der Waals surface area contributed by atoms with E-state index in [0.717, 1.165) is 11.1 Å². The van der Waals surface area contributed by atoms with Crippen molar-refractivity contribution in [2.45, 2.75) is 13.5 Å². The highest BCUT2D eigenvalue weighted by Gasteiger charge is 2.09. The van der Waals surface area contributed by atoms with Crippen molar-refractivity contribution in [3.63, 3.8) is 0 Å². The van der Waals surface area contributed by atoms with Crippen molar-refractivity contribution in [3.8, 4) is 11.4 Å². The molecule has 0 spiro atoms. The third-order valence-electron chi connectivity index (χ3n) is 3.43. The molecule has 23 heavy (non-hydrogen) atoms. The fourth-order valence-corrected chi connectivity index (χ4v) is 2.21. The third kappa shape index (κ3) is 3.42. The van der Waals surface area contributed by atoms with E-state index in [2.05, 4.69) is 15.4 Å². The topological polar surface area (TPSA) is 69.9 Å². The van der Waals surface area contributed by atoms with E-state index in [-0.39, 0.29) is 5.97 Å². The lowest BCUT2D eigenvalue weighted by Crippen LogP contribution is -2.06. The van der Waals surface area contributed by atoms with Crippen LogP contribution in [0.4, 0.5) is 0 Å². The van der Waals surface area contributed by atoms with Gasteiger partial charge in [-0.1, -0.05) is 42.0 Å². The zero-order chi connectivity index (χ0) is 16.2. The molecule has 0 saturated carbocycles. The van der Waals surface area contributed by atoms with Gasteiger partial charge in [0.2, 0.25) is 5.82 Å². The summed E-state index contributed by atoms with van der Waals surface area (Å²) in [6, 6.07) is 15.1. The number of hydrogen-bond donors (Lipinski definition) is 0. The van der Waals surface area contributed by atoms with Crippen LogP contribution in [0.5, 0.6) is 0 Å². The molecule has 0 aliphatic carbocycles. The number of hydrogen-bond acceptors (Lipinski definition) is 5.